The molecule has 0 radical (unpaired) electrons. The van der Waals surface area contributed by atoms with Gasteiger partial charge in [0.15, 0.2) is 5.65 Å². The van der Waals surface area contributed by atoms with Crippen LogP contribution in [0.4, 0.5) is 0 Å². The molecular weight excluding hydrogens is 198 g/mol. The molecule has 0 saturated heterocycles. The zero-order valence-corrected chi connectivity index (χ0v) is 10.2. The Balaban J connectivity index is 0.000000457. The summed E-state index contributed by atoms with van der Waals surface area (Å²) in [5.41, 5.74) is 5.61. The Labute approximate surface area is 95.1 Å². The molecule has 0 amide bonds. The summed E-state index contributed by atoms with van der Waals surface area (Å²) in [6, 6.07) is 8.15. The monoisotopic (exact) mass is 215 g/mol. The van der Waals surface area contributed by atoms with Crippen LogP contribution in [0.2, 0.25) is 0 Å². The Morgan fingerprint density at radius 3 is 2.56 bits per heavy atom. The highest BCUT2D eigenvalue weighted by Gasteiger charge is 2.09. The third-order valence-corrected chi connectivity index (χ3v) is 2.74. The molecule has 2 aromatic heterocycles. The second-order valence-corrected chi connectivity index (χ2v) is 3.62. The van der Waals surface area contributed by atoms with Gasteiger partial charge in [-0.3, -0.25) is 5.10 Å². The lowest BCUT2D eigenvalue weighted by Gasteiger charge is -1.89. The average Bonchev–Trinajstić information content (AvgIpc) is 2.81. The van der Waals surface area contributed by atoms with E-state index >= 15 is 0 Å². The summed E-state index contributed by atoms with van der Waals surface area (Å²) in [6.07, 6.45) is 0. The van der Waals surface area contributed by atoms with Crippen molar-refractivity contribution in [3.8, 4) is 0 Å². The fourth-order valence-corrected chi connectivity index (χ4v) is 1.81. The van der Waals surface area contributed by atoms with Gasteiger partial charge >= 0.3 is 0 Å². The Morgan fingerprint density at radius 1 is 1.12 bits per heavy atom. The van der Waals surface area contributed by atoms with E-state index in [4.69, 9.17) is 0 Å². The molecule has 16 heavy (non-hydrogen) atoms. The van der Waals surface area contributed by atoms with Crippen molar-refractivity contribution in [1.29, 1.82) is 0 Å². The number of fused-ring (bicyclic) bond motifs is 3. The third-order valence-electron chi connectivity index (χ3n) is 2.74. The van der Waals surface area contributed by atoms with Gasteiger partial charge in [-0.1, -0.05) is 26.0 Å². The number of imidazole rings is 1. The lowest BCUT2D eigenvalue weighted by Crippen LogP contribution is -1.82. The summed E-state index contributed by atoms with van der Waals surface area (Å²) < 4.78 is 2.04. The number of benzene rings is 1. The number of hydrogen-bond acceptors (Lipinski definition) is 1. The Kier molecular flexibility index (Phi) is 2.69. The third kappa shape index (κ3) is 1.40. The Bertz CT molecular complexity index is 616. The maximum atomic E-state index is 4.57. The predicted octanol–water partition coefficient (Wildman–Crippen LogP) is 3.46. The molecule has 3 heteroatoms. The molecule has 3 aromatic rings. The minimum absolute atomic E-state index is 1.03. The molecule has 0 unspecified atom stereocenters. The molecule has 0 atom stereocenters. The van der Waals surface area contributed by atoms with E-state index in [0.717, 1.165) is 16.7 Å². The molecule has 0 fully saturated rings. The number of rotatable bonds is 0. The minimum Gasteiger partial charge on any atom is -0.296 e. The molecule has 0 aliphatic carbocycles. The number of H-pyrrole nitrogens is 1. The molecule has 2 heterocycles. The van der Waals surface area contributed by atoms with E-state index < -0.39 is 0 Å². The standard InChI is InChI=1S/C11H11N3.C2H6/c1-7-8(2)13-14-10-6-4-3-5-9(10)12-11(7)14;1-2/h3-6,13H,1-2H3;1-2H3. The maximum Gasteiger partial charge on any atom is 0.157 e. The first-order valence-corrected chi connectivity index (χ1v) is 5.70. The molecule has 0 saturated carbocycles. The van der Waals surface area contributed by atoms with Crippen molar-refractivity contribution in [2.24, 2.45) is 0 Å². The van der Waals surface area contributed by atoms with Gasteiger partial charge < -0.3 is 0 Å². The first-order chi connectivity index (χ1) is 7.77. The summed E-state index contributed by atoms with van der Waals surface area (Å²) in [5, 5.41) is 3.30. The van der Waals surface area contributed by atoms with E-state index in [1.807, 2.05) is 36.6 Å². The Morgan fingerprint density at radius 2 is 1.81 bits per heavy atom. The van der Waals surface area contributed by atoms with Crippen molar-refractivity contribution in [1.82, 2.24) is 14.6 Å². The first-order valence-electron chi connectivity index (χ1n) is 5.70. The minimum atomic E-state index is 1.03. The van der Waals surface area contributed by atoms with E-state index in [1.54, 1.807) is 0 Å². The van der Waals surface area contributed by atoms with Gasteiger partial charge in [0.25, 0.3) is 0 Å². The fraction of sp³-hybridized carbons (Fsp3) is 0.308. The van der Waals surface area contributed by atoms with Gasteiger partial charge in [-0.2, -0.15) is 0 Å². The van der Waals surface area contributed by atoms with Crippen molar-refractivity contribution in [3.63, 3.8) is 0 Å². The van der Waals surface area contributed by atoms with Crippen LogP contribution in [0.5, 0.6) is 0 Å². The fourth-order valence-electron chi connectivity index (χ4n) is 1.81. The van der Waals surface area contributed by atoms with E-state index in [-0.39, 0.29) is 0 Å². The van der Waals surface area contributed by atoms with Crippen molar-refractivity contribution >= 4 is 16.7 Å². The molecule has 0 spiro atoms. The van der Waals surface area contributed by atoms with E-state index in [2.05, 4.69) is 30.0 Å². The summed E-state index contributed by atoms with van der Waals surface area (Å²) >= 11 is 0. The summed E-state index contributed by atoms with van der Waals surface area (Å²) in [6.45, 7) is 8.16. The van der Waals surface area contributed by atoms with Crippen LogP contribution in [-0.2, 0) is 0 Å². The molecule has 0 aliphatic heterocycles. The van der Waals surface area contributed by atoms with Gasteiger partial charge in [0, 0.05) is 11.3 Å². The average molecular weight is 215 g/mol. The lowest BCUT2D eigenvalue weighted by atomic mass is 10.3. The largest absolute Gasteiger partial charge is 0.296 e. The predicted molar refractivity (Wildman–Crippen MR) is 67.9 cm³/mol. The van der Waals surface area contributed by atoms with Crippen LogP contribution in [0.3, 0.4) is 0 Å². The van der Waals surface area contributed by atoms with Crippen molar-refractivity contribution in [3.05, 3.63) is 35.5 Å². The SMILES string of the molecule is CC.Cc1[nH]n2c(nc3ccccc32)c1C. The van der Waals surface area contributed by atoms with Crippen LogP contribution in [0, 0.1) is 13.8 Å². The van der Waals surface area contributed by atoms with Gasteiger partial charge in [-0.05, 0) is 26.0 Å². The molecule has 84 valence electrons. The van der Waals surface area contributed by atoms with E-state index in [0.29, 0.717) is 0 Å². The van der Waals surface area contributed by atoms with Gasteiger partial charge in [-0.15, -0.1) is 0 Å². The normalized spacial score (nSPS) is 10.5. The van der Waals surface area contributed by atoms with Gasteiger partial charge in [-0.25, -0.2) is 9.50 Å². The number of nitrogens with one attached hydrogen (secondary N) is 1. The topological polar surface area (TPSA) is 33.1 Å². The molecule has 1 aromatic carbocycles. The van der Waals surface area contributed by atoms with Crippen LogP contribution in [0.25, 0.3) is 16.7 Å². The highest BCUT2D eigenvalue weighted by Crippen LogP contribution is 2.19. The van der Waals surface area contributed by atoms with Crippen LogP contribution in [0.15, 0.2) is 24.3 Å². The maximum absolute atomic E-state index is 4.57. The van der Waals surface area contributed by atoms with Crippen molar-refractivity contribution in [2.45, 2.75) is 27.7 Å². The molecule has 3 nitrogen and oxygen atoms in total. The number of aryl methyl sites for hydroxylation is 2. The van der Waals surface area contributed by atoms with Gasteiger partial charge in [0.2, 0.25) is 0 Å². The quantitative estimate of drug-likeness (QED) is 0.612. The van der Waals surface area contributed by atoms with Crippen LogP contribution < -0.4 is 0 Å². The number of aromatic amines is 1. The van der Waals surface area contributed by atoms with Gasteiger partial charge in [0.05, 0.1) is 11.0 Å². The molecule has 3 rings (SSSR count). The Hall–Kier alpha value is -1.77. The second kappa shape index (κ2) is 4.00. The van der Waals surface area contributed by atoms with Crippen molar-refractivity contribution in [2.75, 3.05) is 0 Å². The highest BCUT2D eigenvalue weighted by atomic mass is 15.3. The zero-order valence-electron chi connectivity index (χ0n) is 10.2. The molecular formula is C13H17N3. The molecule has 0 bridgehead atoms. The zero-order chi connectivity index (χ0) is 11.7. The van der Waals surface area contributed by atoms with E-state index in [9.17, 15) is 0 Å². The van der Waals surface area contributed by atoms with Crippen LogP contribution in [-0.4, -0.2) is 14.6 Å². The number of para-hydroxylation sites is 2. The second-order valence-electron chi connectivity index (χ2n) is 3.62. The number of hydrogen-bond donors (Lipinski definition) is 1. The van der Waals surface area contributed by atoms with E-state index in [1.165, 1.54) is 11.3 Å². The molecule has 1 N–H and O–H groups in total. The lowest BCUT2D eigenvalue weighted by molar-refractivity contribution is 0.973. The number of nitrogens with zero attached hydrogens (tertiary/aromatic N) is 2. The molecule has 0 aliphatic rings. The van der Waals surface area contributed by atoms with Crippen molar-refractivity contribution < 1.29 is 0 Å². The highest BCUT2D eigenvalue weighted by molar-refractivity contribution is 5.81. The van der Waals surface area contributed by atoms with Crippen LogP contribution in [0.1, 0.15) is 25.1 Å². The van der Waals surface area contributed by atoms with Crippen LogP contribution >= 0.6 is 0 Å². The smallest absolute Gasteiger partial charge is 0.157 e. The van der Waals surface area contributed by atoms with Gasteiger partial charge in [0.1, 0.15) is 0 Å². The summed E-state index contributed by atoms with van der Waals surface area (Å²) in [7, 11) is 0. The first kappa shape index (κ1) is 10.7. The number of aromatic nitrogens is 3. The summed E-state index contributed by atoms with van der Waals surface area (Å²) in [5.74, 6) is 0. The summed E-state index contributed by atoms with van der Waals surface area (Å²) in [4.78, 5) is 4.57.